The lowest BCUT2D eigenvalue weighted by Gasteiger charge is -2.34. The van der Waals surface area contributed by atoms with Gasteiger partial charge in [0, 0.05) is 17.6 Å². The molecule has 8 nitrogen and oxygen atoms in total. The molecular formula is C17H25N5O3. The van der Waals surface area contributed by atoms with E-state index in [1.54, 1.807) is 4.90 Å². The van der Waals surface area contributed by atoms with E-state index in [1.807, 2.05) is 20.8 Å². The number of hydrogen-bond donors (Lipinski definition) is 2. The van der Waals surface area contributed by atoms with Gasteiger partial charge in [0.1, 0.15) is 23.6 Å². The average molecular weight is 347 g/mol. The largest absolute Gasteiger partial charge is 0.444 e. The summed E-state index contributed by atoms with van der Waals surface area (Å²) in [5.41, 5.74) is 6.08. The topological polar surface area (TPSA) is 110 Å². The van der Waals surface area contributed by atoms with Crippen LogP contribution in [-0.4, -0.2) is 39.7 Å². The third kappa shape index (κ3) is 3.83. The quantitative estimate of drug-likeness (QED) is 0.844. The van der Waals surface area contributed by atoms with Gasteiger partial charge >= 0.3 is 6.09 Å². The van der Waals surface area contributed by atoms with E-state index in [1.165, 1.54) is 6.33 Å². The molecule has 2 heterocycles. The maximum absolute atomic E-state index is 12.4. The summed E-state index contributed by atoms with van der Waals surface area (Å²) in [5, 5.41) is 2.92. The summed E-state index contributed by atoms with van der Waals surface area (Å²) in [7, 11) is 0. The van der Waals surface area contributed by atoms with Gasteiger partial charge in [0.2, 0.25) is 5.91 Å². The molecule has 0 radical (unpaired) electrons. The Morgan fingerprint density at radius 3 is 2.60 bits per heavy atom. The van der Waals surface area contributed by atoms with E-state index in [4.69, 9.17) is 10.5 Å². The number of amides is 2. The molecule has 1 aliphatic carbocycles. The predicted octanol–water partition coefficient (Wildman–Crippen LogP) is 1.78. The Kier molecular flexibility index (Phi) is 4.53. The van der Waals surface area contributed by atoms with Crippen LogP contribution in [0.1, 0.15) is 52.0 Å². The van der Waals surface area contributed by atoms with Crippen molar-refractivity contribution in [3.05, 3.63) is 11.9 Å². The van der Waals surface area contributed by atoms with Gasteiger partial charge in [0.25, 0.3) is 0 Å². The van der Waals surface area contributed by atoms with Gasteiger partial charge in [-0.3, -0.25) is 9.69 Å². The van der Waals surface area contributed by atoms with Crippen molar-refractivity contribution >= 4 is 23.6 Å². The summed E-state index contributed by atoms with van der Waals surface area (Å²) in [6, 6.07) is 0.151. The van der Waals surface area contributed by atoms with Crippen molar-refractivity contribution < 1.29 is 14.3 Å². The van der Waals surface area contributed by atoms with Gasteiger partial charge in [0.05, 0.1) is 6.42 Å². The zero-order valence-electron chi connectivity index (χ0n) is 14.9. The van der Waals surface area contributed by atoms with Crippen molar-refractivity contribution in [2.45, 2.75) is 70.6 Å². The number of aromatic nitrogens is 2. The first-order chi connectivity index (χ1) is 11.7. The maximum Gasteiger partial charge on any atom is 0.407 e. The van der Waals surface area contributed by atoms with Crippen molar-refractivity contribution in [1.82, 2.24) is 15.3 Å². The fourth-order valence-corrected chi connectivity index (χ4v) is 3.48. The summed E-state index contributed by atoms with van der Waals surface area (Å²) in [5.74, 6) is 1.04. The van der Waals surface area contributed by atoms with Crippen LogP contribution in [0.2, 0.25) is 0 Å². The van der Waals surface area contributed by atoms with Crippen molar-refractivity contribution in [3.8, 4) is 0 Å². The van der Waals surface area contributed by atoms with E-state index >= 15 is 0 Å². The Morgan fingerprint density at radius 1 is 1.28 bits per heavy atom. The molecule has 1 aromatic rings. The minimum atomic E-state index is -0.507. The molecule has 0 bridgehead atoms. The lowest BCUT2D eigenvalue weighted by Crippen LogP contribution is -2.46. The van der Waals surface area contributed by atoms with Gasteiger partial charge in [-0.15, -0.1) is 0 Å². The molecule has 2 amide bonds. The molecule has 2 aliphatic rings. The lowest BCUT2D eigenvalue weighted by molar-refractivity contribution is -0.118. The van der Waals surface area contributed by atoms with Crippen LogP contribution in [0.5, 0.6) is 0 Å². The summed E-state index contributed by atoms with van der Waals surface area (Å²) < 4.78 is 5.30. The predicted molar refractivity (Wildman–Crippen MR) is 93.0 cm³/mol. The fraction of sp³-hybridized carbons (Fsp3) is 0.647. The van der Waals surface area contributed by atoms with Crippen molar-refractivity contribution in [1.29, 1.82) is 0 Å². The second-order valence-corrected chi connectivity index (χ2v) is 7.65. The van der Waals surface area contributed by atoms with Gasteiger partial charge in [-0.1, -0.05) is 0 Å². The second kappa shape index (κ2) is 6.50. The first kappa shape index (κ1) is 17.4. The van der Waals surface area contributed by atoms with E-state index < -0.39 is 5.60 Å². The van der Waals surface area contributed by atoms with Crippen molar-refractivity contribution in [2.24, 2.45) is 0 Å². The second-order valence-electron chi connectivity index (χ2n) is 7.65. The summed E-state index contributed by atoms with van der Waals surface area (Å²) in [6.07, 6.45) is 4.46. The average Bonchev–Trinajstić information content (AvgIpc) is 2.84. The van der Waals surface area contributed by atoms with Crippen LogP contribution >= 0.6 is 0 Å². The molecule has 1 aromatic heterocycles. The number of carbonyl (C=O) groups excluding carboxylic acids is 2. The number of nitrogen functional groups attached to an aromatic ring is 1. The number of fused-ring (bicyclic) bond motifs is 1. The van der Waals surface area contributed by atoms with Crippen molar-refractivity contribution in [2.75, 3.05) is 10.6 Å². The zero-order valence-corrected chi connectivity index (χ0v) is 14.9. The van der Waals surface area contributed by atoms with Crippen LogP contribution in [0.25, 0.3) is 0 Å². The van der Waals surface area contributed by atoms with Crippen LogP contribution in [0.15, 0.2) is 6.33 Å². The fourth-order valence-electron chi connectivity index (χ4n) is 3.48. The SMILES string of the molecule is CC(C)(C)OC(=O)NC1CCC(N2C(=O)Cc3c(N)ncnc32)CC1. The van der Waals surface area contributed by atoms with Crippen LogP contribution in [0, 0.1) is 0 Å². The van der Waals surface area contributed by atoms with E-state index in [2.05, 4.69) is 15.3 Å². The Balaban J connectivity index is 1.59. The summed E-state index contributed by atoms with van der Waals surface area (Å²) >= 11 is 0. The van der Waals surface area contributed by atoms with Gasteiger partial charge < -0.3 is 15.8 Å². The Labute approximate surface area is 147 Å². The van der Waals surface area contributed by atoms with Crippen LogP contribution in [-0.2, 0) is 16.0 Å². The van der Waals surface area contributed by atoms with Gasteiger partial charge in [-0.05, 0) is 46.5 Å². The van der Waals surface area contributed by atoms with Crippen LogP contribution in [0.3, 0.4) is 0 Å². The number of rotatable bonds is 2. The molecule has 1 fully saturated rings. The smallest absolute Gasteiger partial charge is 0.407 e. The van der Waals surface area contributed by atoms with Crippen molar-refractivity contribution in [3.63, 3.8) is 0 Å². The molecular weight excluding hydrogens is 322 g/mol. The molecule has 25 heavy (non-hydrogen) atoms. The Bertz CT molecular complexity index is 677. The number of hydrogen-bond acceptors (Lipinski definition) is 6. The standard InChI is InChI=1S/C17H25N5O3/c1-17(2,3)25-16(24)21-10-4-6-11(7-5-10)22-13(23)8-12-14(18)19-9-20-15(12)22/h9-11H,4-8H2,1-3H3,(H,21,24)(H2,18,19,20). The molecule has 0 saturated heterocycles. The minimum absolute atomic E-state index is 0.0192. The highest BCUT2D eigenvalue weighted by molar-refractivity contribution is 6.02. The number of nitrogens with two attached hydrogens (primary N) is 1. The number of alkyl carbamates (subject to hydrolysis) is 1. The first-order valence-corrected chi connectivity index (χ1v) is 8.65. The minimum Gasteiger partial charge on any atom is -0.444 e. The van der Waals surface area contributed by atoms with E-state index in [0.29, 0.717) is 11.6 Å². The molecule has 3 N–H and O–H groups in total. The maximum atomic E-state index is 12.4. The lowest BCUT2D eigenvalue weighted by atomic mass is 9.90. The van der Waals surface area contributed by atoms with Gasteiger partial charge in [-0.25, -0.2) is 14.8 Å². The Morgan fingerprint density at radius 2 is 1.96 bits per heavy atom. The van der Waals surface area contributed by atoms with E-state index in [-0.39, 0.29) is 30.5 Å². The summed E-state index contributed by atoms with van der Waals surface area (Å²) in [4.78, 5) is 34.3. The highest BCUT2D eigenvalue weighted by Gasteiger charge is 2.38. The summed E-state index contributed by atoms with van der Waals surface area (Å²) in [6.45, 7) is 5.52. The number of anilines is 2. The number of nitrogens with one attached hydrogen (secondary N) is 1. The third-order valence-corrected chi connectivity index (χ3v) is 4.56. The van der Waals surface area contributed by atoms with Crippen LogP contribution < -0.4 is 16.0 Å². The molecule has 1 saturated carbocycles. The molecule has 0 unspecified atom stereocenters. The first-order valence-electron chi connectivity index (χ1n) is 8.65. The third-order valence-electron chi connectivity index (χ3n) is 4.56. The molecule has 0 spiro atoms. The Hall–Kier alpha value is -2.38. The molecule has 0 aromatic carbocycles. The normalized spacial score (nSPS) is 23.3. The molecule has 0 atom stereocenters. The van der Waals surface area contributed by atoms with Gasteiger partial charge in [0.15, 0.2) is 0 Å². The molecule has 3 rings (SSSR count). The van der Waals surface area contributed by atoms with Gasteiger partial charge in [-0.2, -0.15) is 0 Å². The molecule has 8 heteroatoms. The highest BCUT2D eigenvalue weighted by atomic mass is 16.6. The number of carbonyl (C=O) groups is 2. The monoisotopic (exact) mass is 347 g/mol. The molecule has 1 aliphatic heterocycles. The number of ether oxygens (including phenoxy) is 1. The molecule has 136 valence electrons. The van der Waals surface area contributed by atoms with E-state index in [9.17, 15) is 9.59 Å². The zero-order chi connectivity index (χ0) is 18.2. The number of nitrogens with zero attached hydrogens (tertiary/aromatic N) is 3. The van der Waals surface area contributed by atoms with Crippen LogP contribution in [0.4, 0.5) is 16.4 Å². The van der Waals surface area contributed by atoms with E-state index in [0.717, 1.165) is 31.2 Å². The highest BCUT2D eigenvalue weighted by Crippen LogP contribution is 2.35.